The van der Waals surface area contributed by atoms with Crippen molar-refractivity contribution in [3.05, 3.63) is 69.8 Å². The predicted molar refractivity (Wildman–Crippen MR) is 107 cm³/mol. The molecule has 0 aliphatic heterocycles. The van der Waals surface area contributed by atoms with Gasteiger partial charge in [-0.25, -0.2) is 4.79 Å². The first-order chi connectivity index (χ1) is 13.9. The van der Waals surface area contributed by atoms with Crippen LogP contribution in [0, 0.1) is 10.1 Å². The van der Waals surface area contributed by atoms with E-state index in [-0.39, 0.29) is 11.4 Å². The van der Waals surface area contributed by atoms with E-state index in [1.54, 1.807) is 6.07 Å². The number of carbonyl (C=O) groups is 2. The zero-order chi connectivity index (χ0) is 21.2. The van der Waals surface area contributed by atoms with Crippen LogP contribution in [0.2, 0.25) is 0 Å². The van der Waals surface area contributed by atoms with Gasteiger partial charge in [-0.1, -0.05) is 50.2 Å². The Bertz CT molecular complexity index is 849. The lowest BCUT2D eigenvalue weighted by atomic mass is 10.0. The molecule has 0 aliphatic carbocycles. The molecule has 2 aromatic rings. The molecule has 8 heteroatoms. The molecule has 0 aliphatic rings. The third-order valence-electron chi connectivity index (χ3n) is 4.15. The van der Waals surface area contributed by atoms with E-state index in [2.05, 4.69) is 31.3 Å². The van der Waals surface area contributed by atoms with Crippen molar-refractivity contribution in [2.75, 3.05) is 19.8 Å². The van der Waals surface area contributed by atoms with Crippen LogP contribution in [0.5, 0.6) is 5.75 Å². The maximum atomic E-state index is 11.8. The lowest BCUT2D eigenvalue weighted by molar-refractivity contribution is -0.385. The lowest BCUT2D eigenvalue weighted by Gasteiger charge is -2.09. The highest BCUT2D eigenvalue weighted by Crippen LogP contribution is 2.25. The van der Waals surface area contributed by atoms with Gasteiger partial charge in [-0.2, -0.15) is 0 Å². The first-order valence-corrected chi connectivity index (χ1v) is 9.24. The van der Waals surface area contributed by atoms with Gasteiger partial charge < -0.3 is 14.8 Å². The van der Waals surface area contributed by atoms with Crippen LogP contribution >= 0.6 is 0 Å². The second kappa shape index (κ2) is 10.8. The summed E-state index contributed by atoms with van der Waals surface area (Å²) in [6, 6.07) is 13.9. The Labute approximate surface area is 169 Å². The summed E-state index contributed by atoms with van der Waals surface area (Å²) in [5.74, 6) is -0.789. The molecule has 8 nitrogen and oxygen atoms in total. The van der Waals surface area contributed by atoms with Crippen LogP contribution in [0.3, 0.4) is 0 Å². The van der Waals surface area contributed by atoms with E-state index in [9.17, 15) is 19.7 Å². The number of hydrogen-bond acceptors (Lipinski definition) is 6. The zero-order valence-electron chi connectivity index (χ0n) is 16.4. The summed E-state index contributed by atoms with van der Waals surface area (Å²) in [6.07, 6.45) is 0.666. The van der Waals surface area contributed by atoms with Gasteiger partial charge in [-0.15, -0.1) is 0 Å². The van der Waals surface area contributed by atoms with Gasteiger partial charge in [0, 0.05) is 12.6 Å². The molecule has 0 heterocycles. The number of ether oxygens (including phenoxy) is 2. The fourth-order valence-electron chi connectivity index (χ4n) is 2.52. The monoisotopic (exact) mass is 400 g/mol. The minimum Gasteiger partial charge on any atom is -0.475 e. The second-order valence-corrected chi connectivity index (χ2v) is 6.67. The molecule has 2 rings (SSSR count). The van der Waals surface area contributed by atoms with Crippen molar-refractivity contribution in [2.24, 2.45) is 0 Å². The fraction of sp³-hybridized carbons (Fsp3) is 0.333. The van der Waals surface area contributed by atoms with Crippen LogP contribution in [0.25, 0.3) is 0 Å². The first kappa shape index (κ1) is 21.9. The molecular weight excluding hydrogens is 376 g/mol. The maximum absolute atomic E-state index is 11.8. The van der Waals surface area contributed by atoms with Gasteiger partial charge in [0.15, 0.2) is 19.0 Å². The number of benzene rings is 2. The molecule has 0 saturated carbocycles. The fourth-order valence-corrected chi connectivity index (χ4v) is 2.52. The van der Waals surface area contributed by atoms with Gasteiger partial charge in [0.05, 0.1) is 4.92 Å². The number of nitro groups is 1. The van der Waals surface area contributed by atoms with E-state index in [4.69, 9.17) is 9.47 Å². The van der Waals surface area contributed by atoms with Gasteiger partial charge in [0.1, 0.15) is 0 Å². The Morgan fingerprint density at radius 3 is 2.41 bits per heavy atom. The molecule has 0 unspecified atom stereocenters. The van der Waals surface area contributed by atoms with Crippen LogP contribution in [-0.4, -0.2) is 36.6 Å². The average Bonchev–Trinajstić information content (AvgIpc) is 2.71. The highest BCUT2D eigenvalue weighted by Gasteiger charge is 2.16. The quantitative estimate of drug-likeness (QED) is 0.373. The largest absolute Gasteiger partial charge is 0.475 e. The minimum atomic E-state index is -0.789. The van der Waals surface area contributed by atoms with Gasteiger partial charge in [0.2, 0.25) is 0 Å². The van der Waals surface area contributed by atoms with Gasteiger partial charge in [-0.05, 0) is 29.5 Å². The molecular formula is C21H24N2O6. The molecule has 1 amide bonds. The number of amides is 1. The van der Waals surface area contributed by atoms with Gasteiger partial charge >= 0.3 is 11.7 Å². The molecule has 0 atom stereocenters. The Kier molecular flexibility index (Phi) is 8.14. The topological polar surface area (TPSA) is 108 Å². The molecule has 0 fully saturated rings. The number of carbonyl (C=O) groups excluding carboxylic acids is 2. The summed E-state index contributed by atoms with van der Waals surface area (Å²) in [5, 5.41) is 13.6. The molecule has 0 radical (unpaired) electrons. The third kappa shape index (κ3) is 7.25. The van der Waals surface area contributed by atoms with Gasteiger partial charge in [0.25, 0.3) is 5.91 Å². The number of nitrogens with zero attached hydrogens (tertiary/aromatic N) is 1. The van der Waals surface area contributed by atoms with E-state index in [0.717, 1.165) is 5.56 Å². The van der Waals surface area contributed by atoms with E-state index < -0.39 is 30.0 Å². The SMILES string of the molecule is CC(C)c1ccc(CCNC(=O)COC(=O)COc2ccccc2[N+](=O)[O-])cc1. The number of esters is 1. The van der Waals surface area contributed by atoms with Crippen molar-refractivity contribution in [3.8, 4) is 5.75 Å². The Morgan fingerprint density at radius 1 is 1.07 bits per heavy atom. The van der Waals surface area contributed by atoms with Crippen molar-refractivity contribution in [1.82, 2.24) is 5.32 Å². The summed E-state index contributed by atoms with van der Waals surface area (Å²) in [5.41, 5.74) is 2.11. The number of rotatable bonds is 10. The van der Waals surface area contributed by atoms with Gasteiger partial charge in [-0.3, -0.25) is 14.9 Å². The number of nitro benzene ring substituents is 1. The van der Waals surface area contributed by atoms with E-state index >= 15 is 0 Å². The molecule has 0 saturated heterocycles. The number of nitrogens with one attached hydrogen (secondary N) is 1. The summed E-state index contributed by atoms with van der Waals surface area (Å²) in [7, 11) is 0. The van der Waals surface area contributed by atoms with Crippen molar-refractivity contribution >= 4 is 17.6 Å². The molecule has 1 N–H and O–H groups in total. The molecule has 0 spiro atoms. The predicted octanol–water partition coefficient (Wildman–Crippen LogP) is 3.00. The third-order valence-corrected chi connectivity index (χ3v) is 4.15. The van der Waals surface area contributed by atoms with Crippen molar-refractivity contribution < 1.29 is 24.0 Å². The maximum Gasteiger partial charge on any atom is 0.344 e. The van der Waals surface area contributed by atoms with Crippen molar-refractivity contribution in [1.29, 1.82) is 0 Å². The highest BCUT2D eigenvalue weighted by atomic mass is 16.6. The number of para-hydroxylation sites is 2. The van der Waals surface area contributed by atoms with E-state index in [1.165, 1.54) is 23.8 Å². The van der Waals surface area contributed by atoms with Crippen LogP contribution in [-0.2, 0) is 20.7 Å². The Hall–Kier alpha value is -3.42. The van der Waals surface area contributed by atoms with Crippen LogP contribution in [0.15, 0.2) is 48.5 Å². The van der Waals surface area contributed by atoms with Crippen molar-refractivity contribution in [3.63, 3.8) is 0 Å². The van der Waals surface area contributed by atoms with Crippen LogP contribution in [0.4, 0.5) is 5.69 Å². The summed E-state index contributed by atoms with van der Waals surface area (Å²) >= 11 is 0. The smallest absolute Gasteiger partial charge is 0.344 e. The second-order valence-electron chi connectivity index (χ2n) is 6.67. The normalized spacial score (nSPS) is 10.4. The van der Waals surface area contributed by atoms with E-state index in [1.807, 2.05) is 12.1 Å². The summed E-state index contributed by atoms with van der Waals surface area (Å²) < 4.78 is 9.93. The molecule has 29 heavy (non-hydrogen) atoms. The molecule has 0 aromatic heterocycles. The molecule has 0 bridgehead atoms. The van der Waals surface area contributed by atoms with Crippen LogP contribution < -0.4 is 10.1 Å². The first-order valence-electron chi connectivity index (χ1n) is 9.24. The zero-order valence-corrected chi connectivity index (χ0v) is 16.4. The average molecular weight is 400 g/mol. The number of hydrogen-bond donors (Lipinski definition) is 1. The molecule has 2 aromatic carbocycles. The Morgan fingerprint density at radius 2 is 1.76 bits per heavy atom. The van der Waals surface area contributed by atoms with E-state index in [0.29, 0.717) is 18.9 Å². The minimum absolute atomic E-state index is 0.0395. The van der Waals surface area contributed by atoms with Crippen LogP contribution in [0.1, 0.15) is 30.9 Å². The summed E-state index contributed by atoms with van der Waals surface area (Å²) in [6.45, 7) is 3.71. The molecule has 154 valence electrons. The Balaban J connectivity index is 1.67. The highest BCUT2D eigenvalue weighted by molar-refractivity contribution is 5.80. The lowest BCUT2D eigenvalue weighted by Crippen LogP contribution is -2.31. The van der Waals surface area contributed by atoms with Crippen molar-refractivity contribution in [2.45, 2.75) is 26.2 Å². The summed E-state index contributed by atoms with van der Waals surface area (Å²) in [4.78, 5) is 33.7. The standard InChI is InChI=1S/C21H24N2O6/c1-15(2)17-9-7-16(8-10-17)11-12-22-20(24)13-29-21(25)14-28-19-6-4-3-5-18(19)23(26)27/h3-10,15H,11-14H2,1-2H3,(H,22,24).